The highest BCUT2D eigenvalue weighted by Gasteiger charge is 2.14. The third-order valence-electron chi connectivity index (χ3n) is 3.02. The van der Waals surface area contributed by atoms with E-state index < -0.39 is 0 Å². The Hall–Kier alpha value is -1.36. The summed E-state index contributed by atoms with van der Waals surface area (Å²) < 4.78 is 5.46. The van der Waals surface area contributed by atoms with E-state index in [2.05, 4.69) is 33.8 Å². The van der Waals surface area contributed by atoms with Gasteiger partial charge in [-0.15, -0.1) is 5.10 Å². The molecule has 1 aliphatic rings. The molecular formula is C12H20N4O. The fourth-order valence-corrected chi connectivity index (χ4v) is 2.07. The second-order valence-corrected chi connectivity index (χ2v) is 4.42. The number of allylic oxidation sites excluding steroid dienone is 1. The average Bonchev–Trinajstić information content (AvgIpc) is 2.78. The highest BCUT2D eigenvalue weighted by molar-refractivity contribution is 5.27. The molecule has 0 aliphatic heterocycles. The van der Waals surface area contributed by atoms with Gasteiger partial charge in [0, 0.05) is 6.04 Å². The maximum atomic E-state index is 5.46. The Morgan fingerprint density at radius 3 is 3.00 bits per heavy atom. The summed E-state index contributed by atoms with van der Waals surface area (Å²) >= 11 is 0. The Bertz CT molecular complexity index is 386. The Balaban J connectivity index is 1.92. The summed E-state index contributed by atoms with van der Waals surface area (Å²) in [7, 11) is 1.85. The van der Waals surface area contributed by atoms with Gasteiger partial charge in [0.2, 0.25) is 5.89 Å². The molecule has 1 atom stereocenters. The number of nitrogens with zero attached hydrogens (tertiary/aromatic N) is 2. The molecule has 0 fully saturated rings. The summed E-state index contributed by atoms with van der Waals surface area (Å²) in [6.07, 6.45) is 7.28. The van der Waals surface area contributed by atoms with Crippen LogP contribution in [-0.2, 0) is 6.54 Å². The zero-order valence-corrected chi connectivity index (χ0v) is 10.5. The van der Waals surface area contributed by atoms with Gasteiger partial charge in [-0.1, -0.05) is 16.7 Å². The third kappa shape index (κ3) is 3.30. The van der Waals surface area contributed by atoms with Gasteiger partial charge in [0.05, 0.1) is 6.54 Å². The lowest BCUT2D eigenvalue weighted by Gasteiger charge is -2.19. The second-order valence-electron chi connectivity index (χ2n) is 4.42. The number of hydrogen-bond acceptors (Lipinski definition) is 5. The Morgan fingerprint density at radius 1 is 1.41 bits per heavy atom. The molecule has 1 unspecified atom stereocenters. The lowest BCUT2D eigenvalue weighted by Crippen LogP contribution is -2.19. The van der Waals surface area contributed by atoms with Crippen LogP contribution >= 0.6 is 0 Å². The van der Waals surface area contributed by atoms with E-state index in [4.69, 9.17) is 4.42 Å². The molecular weight excluding hydrogens is 216 g/mol. The van der Waals surface area contributed by atoms with Crippen molar-refractivity contribution < 1.29 is 4.42 Å². The zero-order chi connectivity index (χ0) is 12.1. The predicted molar refractivity (Wildman–Crippen MR) is 66.7 cm³/mol. The summed E-state index contributed by atoms with van der Waals surface area (Å²) in [5.41, 5.74) is 1.45. The van der Waals surface area contributed by atoms with Crippen LogP contribution in [0.3, 0.4) is 0 Å². The van der Waals surface area contributed by atoms with Crippen molar-refractivity contribution in [3.63, 3.8) is 0 Å². The van der Waals surface area contributed by atoms with Gasteiger partial charge in [-0.05, 0) is 39.7 Å². The van der Waals surface area contributed by atoms with E-state index in [0.29, 0.717) is 18.5 Å². The van der Waals surface area contributed by atoms with Crippen LogP contribution in [-0.4, -0.2) is 23.3 Å². The lowest BCUT2D eigenvalue weighted by atomic mass is 9.95. The van der Waals surface area contributed by atoms with Crippen molar-refractivity contribution in [2.45, 2.75) is 45.2 Å². The van der Waals surface area contributed by atoms with E-state index >= 15 is 0 Å². The number of nitrogens with one attached hydrogen (secondary N) is 2. The fourth-order valence-electron chi connectivity index (χ4n) is 2.07. The molecule has 0 amide bonds. The third-order valence-corrected chi connectivity index (χ3v) is 3.02. The Kier molecular flexibility index (Phi) is 4.14. The second kappa shape index (κ2) is 5.82. The minimum Gasteiger partial charge on any atom is -0.407 e. The van der Waals surface area contributed by atoms with Crippen molar-refractivity contribution in [3.05, 3.63) is 17.5 Å². The van der Waals surface area contributed by atoms with Gasteiger partial charge in [-0.3, -0.25) is 0 Å². The van der Waals surface area contributed by atoms with Crippen molar-refractivity contribution in [3.8, 4) is 0 Å². The molecule has 1 heterocycles. The van der Waals surface area contributed by atoms with Crippen LogP contribution in [0.5, 0.6) is 0 Å². The van der Waals surface area contributed by atoms with E-state index in [1.165, 1.54) is 31.3 Å². The van der Waals surface area contributed by atoms with Gasteiger partial charge in [0.15, 0.2) is 0 Å². The summed E-state index contributed by atoms with van der Waals surface area (Å²) in [6.45, 7) is 2.74. The molecule has 1 aliphatic carbocycles. The Labute approximate surface area is 102 Å². The van der Waals surface area contributed by atoms with Crippen molar-refractivity contribution in [2.24, 2.45) is 0 Å². The normalized spacial score (nSPS) is 17.6. The van der Waals surface area contributed by atoms with Crippen molar-refractivity contribution in [1.29, 1.82) is 0 Å². The van der Waals surface area contributed by atoms with Crippen LogP contribution in [0.2, 0.25) is 0 Å². The predicted octanol–water partition coefficient (Wildman–Crippen LogP) is 2.09. The van der Waals surface area contributed by atoms with Crippen LogP contribution < -0.4 is 10.6 Å². The van der Waals surface area contributed by atoms with E-state index in [-0.39, 0.29) is 6.04 Å². The molecule has 0 radical (unpaired) electrons. The van der Waals surface area contributed by atoms with Crippen LogP contribution in [0.4, 0.5) is 6.01 Å². The standard InChI is InChI=1S/C12H20N4O/c1-9(10-6-4-3-5-7-10)14-12-16-15-11(17-12)8-13-2/h6,9,13H,3-5,7-8H2,1-2H3,(H,14,16). The van der Waals surface area contributed by atoms with Gasteiger partial charge in [-0.2, -0.15) is 0 Å². The van der Waals surface area contributed by atoms with E-state index in [1.54, 1.807) is 0 Å². The monoisotopic (exact) mass is 236 g/mol. The topological polar surface area (TPSA) is 63.0 Å². The van der Waals surface area contributed by atoms with Crippen molar-refractivity contribution in [2.75, 3.05) is 12.4 Å². The van der Waals surface area contributed by atoms with Crippen molar-refractivity contribution in [1.82, 2.24) is 15.5 Å². The van der Waals surface area contributed by atoms with Crippen LogP contribution in [0.15, 0.2) is 16.1 Å². The first-order chi connectivity index (χ1) is 8.29. The maximum absolute atomic E-state index is 5.46. The SMILES string of the molecule is CNCc1nnc(NC(C)C2=CCCCC2)o1. The smallest absolute Gasteiger partial charge is 0.315 e. The van der Waals surface area contributed by atoms with E-state index in [9.17, 15) is 0 Å². The number of anilines is 1. The van der Waals surface area contributed by atoms with Gasteiger partial charge in [0.25, 0.3) is 0 Å². The minimum absolute atomic E-state index is 0.276. The molecule has 5 nitrogen and oxygen atoms in total. The first-order valence-electron chi connectivity index (χ1n) is 6.22. The lowest BCUT2D eigenvalue weighted by molar-refractivity contribution is 0.486. The molecule has 5 heteroatoms. The quantitative estimate of drug-likeness (QED) is 0.766. The van der Waals surface area contributed by atoms with Crippen LogP contribution in [0.25, 0.3) is 0 Å². The largest absolute Gasteiger partial charge is 0.407 e. The molecule has 0 bridgehead atoms. The number of aromatic nitrogens is 2. The van der Waals surface area contributed by atoms with Crippen LogP contribution in [0, 0.1) is 0 Å². The summed E-state index contributed by atoms with van der Waals surface area (Å²) in [5, 5.41) is 14.2. The Morgan fingerprint density at radius 2 is 2.29 bits per heavy atom. The van der Waals surface area contributed by atoms with Gasteiger partial charge in [0.1, 0.15) is 0 Å². The summed E-state index contributed by atoms with van der Waals surface area (Å²) in [5.74, 6) is 0.611. The molecule has 0 saturated heterocycles. The van der Waals surface area contributed by atoms with E-state index in [0.717, 1.165) is 0 Å². The van der Waals surface area contributed by atoms with Gasteiger partial charge in [-0.25, -0.2) is 0 Å². The number of rotatable bonds is 5. The number of hydrogen-bond donors (Lipinski definition) is 2. The fraction of sp³-hybridized carbons (Fsp3) is 0.667. The minimum atomic E-state index is 0.276. The first-order valence-corrected chi connectivity index (χ1v) is 6.22. The molecule has 0 saturated carbocycles. The first kappa shape index (κ1) is 12.1. The molecule has 0 aromatic carbocycles. The van der Waals surface area contributed by atoms with Gasteiger partial charge >= 0.3 is 6.01 Å². The zero-order valence-electron chi connectivity index (χ0n) is 10.5. The molecule has 1 aromatic heterocycles. The average molecular weight is 236 g/mol. The molecule has 2 rings (SSSR count). The van der Waals surface area contributed by atoms with Crippen molar-refractivity contribution >= 4 is 6.01 Å². The highest BCUT2D eigenvalue weighted by atomic mass is 16.4. The molecule has 17 heavy (non-hydrogen) atoms. The molecule has 1 aromatic rings. The molecule has 2 N–H and O–H groups in total. The molecule has 94 valence electrons. The maximum Gasteiger partial charge on any atom is 0.315 e. The van der Waals surface area contributed by atoms with Crippen LogP contribution in [0.1, 0.15) is 38.5 Å². The highest BCUT2D eigenvalue weighted by Crippen LogP contribution is 2.22. The summed E-state index contributed by atoms with van der Waals surface area (Å²) in [6, 6.07) is 0.785. The van der Waals surface area contributed by atoms with Gasteiger partial charge < -0.3 is 15.1 Å². The molecule has 0 spiro atoms. The van der Waals surface area contributed by atoms with E-state index in [1.807, 2.05) is 7.05 Å². The summed E-state index contributed by atoms with van der Waals surface area (Å²) in [4.78, 5) is 0.